The molecule has 0 spiro atoms. The van der Waals surface area contributed by atoms with Crippen molar-refractivity contribution in [3.05, 3.63) is 47.8 Å². The number of aryl methyl sites for hydroxylation is 3. The molecule has 6 nitrogen and oxygen atoms in total. The Kier molecular flexibility index (Phi) is 6.98. The van der Waals surface area contributed by atoms with E-state index in [1.165, 1.54) is 11.8 Å². The minimum Gasteiger partial charge on any atom is -0.311 e. The van der Waals surface area contributed by atoms with E-state index in [1.807, 2.05) is 37.5 Å². The highest BCUT2D eigenvalue weighted by molar-refractivity contribution is 7.99. The van der Waals surface area contributed by atoms with Crippen LogP contribution in [-0.2, 0) is 11.3 Å². The fraction of sp³-hybridized carbons (Fsp3) is 0.368. The van der Waals surface area contributed by atoms with Crippen LogP contribution in [0.5, 0.6) is 0 Å². The molecule has 0 atom stereocenters. The Labute approximate surface area is 158 Å². The second kappa shape index (κ2) is 9.20. The normalized spacial score (nSPS) is 10.4. The maximum absolute atomic E-state index is 12.8. The summed E-state index contributed by atoms with van der Waals surface area (Å²) in [6.45, 7) is 10.6. The van der Waals surface area contributed by atoms with E-state index in [1.54, 1.807) is 11.0 Å². The van der Waals surface area contributed by atoms with Crippen molar-refractivity contribution >= 4 is 23.4 Å². The fourth-order valence-electron chi connectivity index (χ4n) is 2.68. The number of nitriles is 1. The van der Waals surface area contributed by atoms with Crippen molar-refractivity contribution in [3.8, 4) is 6.07 Å². The Bertz CT molecular complexity index is 817. The molecule has 1 amide bonds. The lowest BCUT2D eigenvalue weighted by molar-refractivity contribution is -0.116. The van der Waals surface area contributed by atoms with E-state index >= 15 is 0 Å². The van der Waals surface area contributed by atoms with Crippen LogP contribution < -0.4 is 4.90 Å². The van der Waals surface area contributed by atoms with Crippen LogP contribution in [0.25, 0.3) is 0 Å². The first-order valence-corrected chi connectivity index (χ1v) is 9.34. The van der Waals surface area contributed by atoms with E-state index in [2.05, 4.69) is 28.9 Å². The van der Waals surface area contributed by atoms with E-state index in [9.17, 15) is 4.79 Å². The lowest BCUT2D eigenvalue weighted by atomic mass is 10.1. The van der Waals surface area contributed by atoms with Gasteiger partial charge in [-0.2, -0.15) is 5.26 Å². The first-order valence-electron chi connectivity index (χ1n) is 8.35. The summed E-state index contributed by atoms with van der Waals surface area (Å²) in [5.41, 5.74) is 3.00. The van der Waals surface area contributed by atoms with Crippen molar-refractivity contribution < 1.29 is 4.79 Å². The molecule has 0 aliphatic heterocycles. The van der Waals surface area contributed by atoms with Gasteiger partial charge in [0.15, 0.2) is 5.16 Å². The number of nitrogens with zero attached hydrogens (tertiary/aromatic N) is 5. The summed E-state index contributed by atoms with van der Waals surface area (Å²) < 4.78 is 1.92. The minimum absolute atomic E-state index is 0.0546. The highest BCUT2D eigenvalue weighted by Crippen LogP contribution is 2.22. The van der Waals surface area contributed by atoms with Gasteiger partial charge in [0, 0.05) is 18.8 Å². The van der Waals surface area contributed by atoms with Crippen molar-refractivity contribution in [2.45, 2.75) is 38.9 Å². The van der Waals surface area contributed by atoms with Crippen LogP contribution in [0.2, 0.25) is 0 Å². The molecule has 1 heterocycles. The highest BCUT2D eigenvalue weighted by atomic mass is 32.2. The van der Waals surface area contributed by atoms with Gasteiger partial charge in [0.2, 0.25) is 5.91 Å². The maximum atomic E-state index is 12.8. The Morgan fingerprint density at radius 1 is 1.31 bits per heavy atom. The molecule has 2 rings (SSSR count). The number of carbonyl (C=O) groups excluding carboxylic acids is 1. The Morgan fingerprint density at radius 3 is 2.62 bits per heavy atom. The van der Waals surface area contributed by atoms with Gasteiger partial charge >= 0.3 is 0 Å². The molecular weight excluding hydrogens is 346 g/mol. The molecule has 0 N–H and O–H groups in total. The molecule has 136 valence electrons. The zero-order chi connectivity index (χ0) is 19.1. The van der Waals surface area contributed by atoms with Crippen LogP contribution in [0.4, 0.5) is 5.69 Å². The van der Waals surface area contributed by atoms with Crippen LogP contribution in [-0.4, -0.2) is 33.0 Å². The monoisotopic (exact) mass is 369 g/mol. The summed E-state index contributed by atoms with van der Waals surface area (Å²) in [5.74, 6) is 0.963. The molecule has 0 radical (unpaired) electrons. The zero-order valence-electron chi connectivity index (χ0n) is 15.4. The molecular formula is C19H23N5OS. The number of allylic oxidation sites excluding steroid dienone is 1. The summed E-state index contributed by atoms with van der Waals surface area (Å²) >= 11 is 1.35. The van der Waals surface area contributed by atoms with E-state index in [4.69, 9.17) is 5.26 Å². The van der Waals surface area contributed by atoms with Gasteiger partial charge in [0.25, 0.3) is 0 Å². The quantitative estimate of drug-likeness (QED) is 0.526. The largest absolute Gasteiger partial charge is 0.311 e. The molecule has 1 aromatic carbocycles. The number of amides is 1. The number of rotatable bonds is 8. The zero-order valence-corrected chi connectivity index (χ0v) is 16.2. The van der Waals surface area contributed by atoms with Gasteiger partial charge in [-0.1, -0.05) is 23.9 Å². The Hall–Kier alpha value is -2.59. The van der Waals surface area contributed by atoms with Crippen molar-refractivity contribution in [2.75, 3.05) is 17.2 Å². The van der Waals surface area contributed by atoms with Crippen LogP contribution in [0, 0.1) is 32.1 Å². The third-order valence-corrected chi connectivity index (χ3v) is 4.76. The molecule has 0 saturated carbocycles. The predicted molar refractivity (Wildman–Crippen MR) is 104 cm³/mol. The number of thioether (sulfide) groups is 1. The first-order chi connectivity index (χ1) is 12.5. The molecule has 0 saturated heterocycles. The van der Waals surface area contributed by atoms with E-state index in [0.29, 0.717) is 18.2 Å². The van der Waals surface area contributed by atoms with E-state index in [-0.39, 0.29) is 18.1 Å². The second-order valence-electron chi connectivity index (χ2n) is 6.02. The van der Waals surface area contributed by atoms with Crippen LogP contribution >= 0.6 is 11.8 Å². The smallest absolute Gasteiger partial charge is 0.237 e. The summed E-state index contributed by atoms with van der Waals surface area (Å²) in [7, 11) is 0. The standard InChI is InChI=1S/C19H23N5OS/c1-5-8-23-16(4)21-22-19(23)26-13-18(25)24(9-6-7-20)17-11-14(2)10-15(3)12-17/h5,10-12H,1,6,8-9,13H2,2-4H3. The number of hydrogen-bond donors (Lipinski definition) is 0. The minimum atomic E-state index is -0.0546. The topological polar surface area (TPSA) is 74.8 Å². The van der Waals surface area contributed by atoms with Gasteiger partial charge in [-0.15, -0.1) is 16.8 Å². The number of hydrogen-bond acceptors (Lipinski definition) is 5. The average Bonchev–Trinajstić information content (AvgIpc) is 2.93. The third-order valence-electron chi connectivity index (χ3n) is 3.80. The summed E-state index contributed by atoms with van der Waals surface area (Å²) in [4.78, 5) is 14.5. The summed E-state index contributed by atoms with van der Waals surface area (Å²) in [5, 5.41) is 17.8. The van der Waals surface area contributed by atoms with Crippen LogP contribution in [0.3, 0.4) is 0 Å². The van der Waals surface area contributed by atoms with Gasteiger partial charge < -0.3 is 9.47 Å². The Morgan fingerprint density at radius 2 is 2.00 bits per heavy atom. The molecule has 0 fully saturated rings. The SMILES string of the molecule is C=CCn1c(C)nnc1SCC(=O)N(CCC#N)c1cc(C)cc(C)c1. The lowest BCUT2D eigenvalue weighted by Crippen LogP contribution is -2.33. The molecule has 7 heteroatoms. The molecule has 0 unspecified atom stereocenters. The number of aromatic nitrogens is 3. The number of benzene rings is 1. The summed E-state index contributed by atoms with van der Waals surface area (Å²) in [6.07, 6.45) is 2.06. The van der Waals surface area contributed by atoms with Gasteiger partial charge in [-0.05, 0) is 44.0 Å². The van der Waals surface area contributed by atoms with E-state index < -0.39 is 0 Å². The molecule has 0 aliphatic carbocycles. The first kappa shape index (κ1) is 19.7. The van der Waals surface area contributed by atoms with Crippen LogP contribution in [0.15, 0.2) is 36.0 Å². The Balaban J connectivity index is 2.17. The van der Waals surface area contributed by atoms with Crippen LogP contribution in [0.1, 0.15) is 23.4 Å². The van der Waals surface area contributed by atoms with Gasteiger partial charge in [0.1, 0.15) is 5.82 Å². The number of anilines is 1. The fourth-order valence-corrected chi connectivity index (χ4v) is 3.55. The lowest BCUT2D eigenvalue weighted by Gasteiger charge is -2.22. The second-order valence-corrected chi connectivity index (χ2v) is 6.96. The molecule has 26 heavy (non-hydrogen) atoms. The number of carbonyl (C=O) groups is 1. The third kappa shape index (κ3) is 4.96. The van der Waals surface area contributed by atoms with E-state index in [0.717, 1.165) is 22.6 Å². The van der Waals surface area contributed by atoms with Gasteiger partial charge in [-0.3, -0.25) is 4.79 Å². The molecule has 0 bridgehead atoms. The van der Waals surface area contributed by atoms with Gasteiger partial charge in [-0.25, -0.2) is 0 Å². The van der Waals surface area contributed by atoms with Crippen molar-refractivity contribution in [1.82, 2.24) is 14.8 Å². The summed E-state index contributed by atoms with van der Waals surface area (Å²) in [6, 6.07) is 8.12. The molecule has 1 aromatic heterocycles. The predicted octanol–water partition coefficient (Wildman–Crippen LogP) is 3.43. The van der Waals surface area contributed by atoms with Gasteiger partial charge in [0.05, 0.1) is 18.2 Å². The average molecular weight is 369 g/mol. The molecule has 2 aromatic rings. The highest BCUT2D eigenvalue weighted by Gasteiger charge is 2.18. The maximum Gasteiger partial charge on any atom is 0.237 e. The molecule has 0 aliphatic rings. The van der Waals surface area contributed by atoms with Crippen molar-refractivity contribution in [3.63, 3.8) is 0 Å². The van der Waals surface area contributed by atoms with Crippen molar-refractivity contribution in [2.24, 2.45) is 0 Å². The van der Waals surface area contributed by atoms with Crippen molar-refractivity contribution in [1.29, 1.82) is 5.26 Å².